The topological polar surface area (TPSA) is 34.9 Å². The van der Waals surface area contributed by atoms with Gasteiger partial charge in [-0.15, -0.1) is 0 Å². The first-order valence-electron chi connectivity index (χ1n) is 5.94. The van der Waals surface area contributed by atoms with E-state index >= 15 is 0 Å². The monoisotopic (exact) mass is 282 g/mol. The van der Waals surface area contributed by atoms with Crippen molar-refractivity contribution in [1.29, 1.82) is 0 Å². The second-order valence-corrected chi connectivity index (χ2v) is 5.47. The van der Waals surface area contributed by atoms with Crippen molar-refractivity contribution < 1.29 is 18.0 Å². The molecule has 2 rings (SSSR count). The highest BCUT2D eigenvalue weighted by atomic mass is 19.2. The lowest BCUT2D eigenvalue weighted by Crippen LogP contribution is -2.14. The second kappa shape index (κ2) is 4.77. The molecule has 0 saturated carbocycles. The van der Waals surface area contributed by atoms with Crippen molar-refractivity contribution in [3.8, 4) is 5.69 Å². The Bertz CT molecular complexity index is 649. The van der Waals surface area contributed by atoms with Crippen LogP contribution in [0.2, 0.25) is 0 Å². The molecule has 0 aliphatic heterocycles. The molecule has 20 heavy (non-hydrogen) atoms. The second-order valence-electron chi connectivity index (χ2n) is 5.47. The number of hydrogen-bond donors (Lipinski definition) is 0. The van der Waals surface area contributed by atoms with Crippen LogP contribution < -0.4 is 0 Å². The highest BCUT2D eigenvalue weighted by Gasteiger charge is 2.23. The molecule has 6 heteroatoms. The van der Waals surface area contributed by atoms with Crippen LogP contribution in [-0.4, -0.2) is 16.1 Å². The van der Waals surface area contributed by atoms with E-state index in [1.807, 2.05) is 20.8 Å². The van der Waals surface area contributed by atoms with E-state index in [1.54, 1.807) is 0 Å². The molecule has 1 aromatic carbocycles. The fraction of sp³-hybridized carbons (Fsp3) is 0.286. The Hall–Kier alpha value is -2.11. The third-order valence-corrected chi connectivity index (χ3v) is 2.81. The Kier molecular flexibility index (Phi) is 3.41. The van der Waals surface area contributed by atoms with Crippen molar-refractivity contribution in [3.05, 3.63) is 47.0 Å². The van der Waals surface area contributed by atoms with Gasteiger partial charge in [0, 0.05) is 23.7 Å². The van der Waals surface area contributed by atoms with Gasteiger partial charge in [-0.1, -0.05) is 20.8 Å². The van der Waals surface area contributed by atoms with Crippen molar-refractivity contribution in [1.82, 2.24) is 9.78 Å². The maximum atomic E-state index is 13.2. The van der Waals surface area contributed by atoms with Gasteiger partial charge in [-0.25, -0.2) is 17.9 Å². The summed E-state index contributed by atoms with van der Waals surface area (Å²) in [5.74, 6) is -4.14. The summed E-state index contributed by atoms with van der Waals surface area (Å²) in [5.41, 5.74) is 0.429. The summed E-state index contributed by atoms with van der Waals surface area (Å²) < 4.78 is 40.5. The van der Waals surface area contributed by atoms with Crippen LogP contribution in [0.1, 0.15) is 36.8 Å². The van der Waals surface area contributed by atoms with Gasteiger partial charge < -0.3 is 0 Å². The molecule has 106 valence electrons. The first kappa shape index (κ1) is 14.3. The van der Waals surface area contributed by atoms with Crippen molar-refractivity contribution in [2.45, 2.75) is 26.2 Å². The van der Waals surface area contributed by atoms with Gasteiger partial charge in [-0.2, -0.15) is 5.10 Å². The Labute approximate surface area is 114 Å². The summed E-state index contributed by atoms with van der Waals surface area (Å²) in [6.45, 7) is 5.58. The van der Waals surface area contributed by atoms with Crippen LogP contribution in [0, 0.1) is 17.5 Å². The van der Waals surface area contributed by atoms with Crippen LogP contribution in [0.4, 0.5) is 13.2 Å². The maximum absolute atomic E-state index is 13.2. The van der Waals surface area contributed by atoms with E-state index in [0.717, 1.165) is 16.8 Å². The lowest BCUT2D eigenvalue weighted by atomic mass is 9.90. The maximum Gasteiger partial charge on any atom is 0.194 e. The van der Waals surface area contributed by atoms with Crippen LogP contribution in [0.25, 0.3) is 5.69 Å². The third-order valence-electron chi connectivity index (χ3n) is 2.81. The molecule has 3 nitrogen and oxygen atoms in total. The lowest BCUT2D eigenvalue weighted by Gasteiger charge is -2.15. The molecule has 2 aromatic rings. The molecule has 0 unspecified atom stereocenters. The van der Waals surface area contributed by atoms with Crippen LogP contribution >= 0.6 is 0 Å². The average Bonchev–Trinajstić information content (AvgIpc) is 2.79. The van der Waals surface area contributed by atoms with Gasteiger partial charge in [0.2, 0.25) is 0 Å². The van der Waals surface area contributed by atoms with Crippen LogP contribution in [-0.2, 0) is 5.41 Å². The molecule has 0 atom stereocenters. The molecule has 0 fully saturated rings. The first-order valence-corrected chi connectivity index (χ1v) is 5.94. The van der Waals surface area contributed by atoms with Crippen molar-refractivity contribution in [2.24, 2.45) is 0 Å². The minimum atomic E-state index is -1.53. The molecule has 0 bridgehead atoms. The number of rotatable bonds is 2. The van der Waals surface area contributed by atoms with E-state index in [-0.39, 0.29) is 5.69 Å². The number of aromatic nitrogens is 2. The zero-order valence-corrected chi connectivity index (χ0v) is 11.2. The van der Waals surface area contributed by atoms with E-state index < -0.39 is 22.9 Å². The quantitative estimate of drug-likeness (QED) is 0.625. The van der Waals surface area contributed by atoms with Gasteiger partial charge in [-0.05, 0) is 0 Å². The van der Waals surface area contributed by atoms with Gasteiger partial charge in [0.25, 0.3) is 0 Å². The van der Waals surface area contributed by atoms with Gasteiger partial charge in [0.1, 0.15) is 0 Å². The van der Waals surface area contributed by atoms with Crippen molar-refractivity contribution >= 4 is 6.29 Å². The fourth-order valence-electron chi connectivity index (χ4n) is 1.86. The largest absolute Gasteiger partial charge is 0.298 e. The molecule has 0 aliphatic rings. The molecule has 0 N–H and O–H groups in total. The molecular formula is C14H13F3N2O. The molecule has 0 amide bonds. The van der Waals surface area contributed by atoms with E-state index in [0.29, 0.717) is 17.5 Å². The van der Waals surface area contributed by atoms with Crippen LogP contribution in [0.3, 0.4) is 0 Å². The van der Waals surface area contributed by atoms with E-state index in [4.69, 9.17) is 0 Å². The first-order chi connectivity index (χ1) is 9.24. The number of benzene rings is 1. The summed E-state index contributed by atoms with van der Waals surface area (Å²) in [4.78, 5) is 11.0. The number of hydrogen-bond acceptors (Lipinski definition) is 2. The SMILES string of the molecule is CC(C)(C)c1nn(-c2cc(F)c(F)c(F)c2)cc1C=O. The van der Waals surface area contributed by atoms with E-state index in [2.05, 4.69) is 5.10 Å². The van der Waals surface area contributed by atoms with Crippen LogP contribution in [0.5, 0.6) is 0 Å². The number of nitrogens with zero attached hydrogens (tertiary/aromatic N) is 2. The Balaban J connectivity index is 2.60. The van der Waals surface area contributed by atoms with Gasteiger partial charge in [0.05, 0.1) is 16.9 Å². The molecule has 0 saturated heterocycles. The average molecular weight is 282 g/mol. The number of aldehydes is 1. The predicted molar refractivity (Wildman–Crippen MR) is 67.5 cm³/mol. The highest BCUT2D eigenvalue weighted by Crippen LogP contribution is 2.25. The van der Waals surface area contributed by atoms with E-state index in [9.17, 15) is 18.0 Å². The molecular weight excluding hydrogens is 269 g/mol. The van der Waals surface area contributed by atoms with Crippen molar-refractivity contribution in [3.63, 3.8) is 0 Å². The molecule has 0 spiro atoms. The van der Waals surface area contributed by atoms with Crippen molar-refractivity contribution in [2.75, 3.05) is 0 Å². The Morgan fingerprint density at radius 2 is 1.70 bits per heavy atom. The Morgan fingerprint density at radius 3 is 2.10 bits per heavy atom. The summed E-state index contributed by atoms with van der Waals surface area (Å²) in [5, 5.41) is 4.16. The van der Waals surface area contributed by atoms with E-state index in [1.165, 1.54) is 6.20 Å². The summed E-state index contributed by atoms with van der Waals surface area (Å²) in [6.07, 6.45) is 1.99. The number of carbonyl (C=O) groups is 1. The standard InChI is InChI=1S/C14H13F3N2O/c1-14(2,3)13-8(7-20)6-19(18-13)9-4-10(15)12(17)11(16)5-9/h4-7H,1-3H3. The fourth-order valence-corrected chi connectivity index (χ4v) is 1.86. The van der Waals surface area contributed by atoms with Crippen LogP contribution in [0.15, 0.2) is 18.3 Å². The minimum Gasteiger partial charge on any atom is -0.298 e. The zero-order chi connectivity index (χ0) is 15.1. The summed E-state index contributed by atoms with van der Waals surface area (Å²) >= 11 is 0. The van der Waals surface area contributed by atoms with Gasteiger partial charge >= 0.3 is 0 Å². The smallest absolute Gasteiger partial charge is 0.194 e. The van der Waals surface area contributed by atoms with Gasteiger partial charge in [0.15, 0.2) is 23.7 Å². The summed E-state index contributed by atoms with van der Waals surface area (Å²) in [6, 6.07) is 1.65. The molecule has 0 aliphatic carbocycles. The van der Waals surface area contributed by atoms with Gasteiger partial charge in [-0.3, -0.25) is 4.79 Å². The number of halogens is 3. The number of carbonyl (C=O) groups excluding carboxylic acids is 1. The molecule has 1 aromatic heterocycles. The molecule has 0 radical (unpaired) electrons. The normalized spacial score (nSPS) is 11.7. The Morgan fingerprint density at radius 1 is 1.15 bits per heavy atom. The zero-order valence-electron chi connectivity index (χ0n) is 11.2. The summed E-state index contributed by atoms with van der Waals surface area (Å²) in [7, 11) is 0. The predicted octanol–water partition coefficient (Wildman–Crippen LogP) is 3.40. The lowest BCUT2D eigenvalue weighted by molar-refractivity contribution is 0.112. The minimum absolute atomic E-state index is 0.0139. The molecule has 1 heterocycles. The third kappa shape index (κ3) is 2.45. The highest BCUT2D eigenvalue weighted by molar-refractivity contribution is 5.77.